The highest BCUT2D eigenvalue weighted by atomic mass is 16.5. The van der Waals surface area contributed by atoms with Gasteiger partial charge in [0.15, 0.2) is 0 Å². The Morgan fingerprint density at radius 3 is 2.52 bits per heavy atom. The second-order valence-corrected chi connectivity index (χ2v) is 5.28. The molecule has 1 aromatic rings. The van der Waals surface area contributed by atoms with Crippen LogP contribution < -0.4 is 5.73 Å². The van der Waals surface area contributed by atoms with E-state index in [1.165, 1.54) is 0 Å². The molecule has 0 aliphatic rings. The van der Waals surface area contributed by atoms with E-state index < -0.39 is 11.5 Å². The van der Waals surface area contributed by atoms with Crippen molar-refractivity contribution >= 4 is 5.97 Å². The van der Waals surface area contributed by atoms with Crippen molar-refractivity contribution in [3.63, 3.8) is 0 Å². The van der Waals surface area contributed by atoms with E-state index in [9.17, 15) is 4.79 Å². The van der Waals surface area contributed by atoms with Crippen molar-refractivity contribution in [1.29, 1.82) is 0 Å². The van der Waals surface area contributed by atoms with E-state index >= 15 is 0 Å². The number of carbonyl (C=O) groups excluding carboxylic acids is 1. The zero-order valence-corrected chi connectivity index (χ0v) is 13.3. The van der Waals surface area contributed by atoms with E-state index in [0.29, 0.717) is 19.6 Å². The van der Waals surface area contributed by atoms with E-state index in [1.807, 2.05) is 37.3 Å². The van der Waals surface area contributed by atoms with Crippen molar-refractivity contribution in [3.05, 3.63) is 35.9 Å². The molecule has 2 N–H and O–H groups in total. The third kappa shape index (κ3) is 5.14. The lowest BCUT2D eigenvalue weighted by Crippen LogP contribution is -2.47. The zero-order valence-electron chi connectivity index (χ0n) is 13.3. The maximum Gasteiger partial charge on any atom is 0.330 e. The Bertz CT molecular complexity index is 421. The minimum atomic E-state index is -1.15. The fourth-order valence-electron chi connectivity index (χ4n) is 2.27. The molecule has 0 saturated carbocycles. The predicted molar refractivity (Wildman–Crippen MR) is 83.9 cm³/mol. The number of nitrogens with two attached hydrogens (primary N) is 1. The standard InChI is InChI=1S/C17H27NO3/c1-4-9-14(3)21-13-12-17(18,16(19)20-5-2)15-10-7-6-8-11-15/h6-8,10-11,14H,4-5,9,12-13,18H2,1-3H3. The molecular formula is C17H27NO3. The molecule has 21 heavy (non-hydrogen) atoms. The topological polar surface area (TPSA) is 61.5 Å². The van der Waals surface area contributed by atoms with Gasteiger partial charge in [0.25, 0.3) is 0 Å². The molecule has 0 spiro atoms. The SMILES string of the molecule is CCCC(C)OCCC(N)(C(=O)OCC)c1ccccc1. The second-order valence-electron chi connectivity index (χ2n) is 5.28. The number of hydrogen-bond donors (Lipinski definition) is 1. The number of rotatable bonds is 9. The molecule has 0 saturated heterocycles. The molecule has 0 radical (unpaired) electrons. The summed E-state index contributed by atoms with van der Waals surface area (Å²) in [5.41, 5.74) is 5.96. The van der Waals surface area contributed by atoms with Gasteiger partial charge in [-0.2, -0.15) is 0 Å². The molecule has 118 valence electrons. The fraction of sp³-hybridized carbons (Fsp3) is 0.588. The van der Waals surface area contributed by atoms with Crippen LogP contribution in [0.4, 0.5) is 0 Å². The summed E-state index contributed by atoms with van der Waals surface area (Å²) < 4.78 is 10.9. The van der Waals surface area contributed by atoms with Crippen molar-refractivity contribution in [1.82, 2.24) is 0 Å². The molecule has 0 amide bonds. The molecule has 0 fully saturated rings. The summed E-state index contributed by atoms with van der Waals surface area (Å²) in [4.78, 5) is 12.3. The largest absolute Gasteiger partial charge is 0.464 e. The average molecular weight is 293 g/mol. The lowest BCUT2D eigenvalue weighted by molar-refractivity contribution is -0.151. The van der Waals surface area contributed by atoms with Crippen LogP contribution in [0.5, 0.6) is 0 Å². The lowest BCUT2D eigenvalue weighted by atomic mass is 9.88. The van der Waals surface area contributed by atoms with Crippen LogP contribution in [0, 0.1) is 0 Å². The van der Waals surface area contributed by atoms with Crippen molar-refractivity contribution in [2.75, 3.05) is 13.2 Å². The third-order valence-electron chi connectivity index (χ3n) is 3.52. The minimum absolute atomic E-state index is 0.178. The van der Waals surface area contributed by atoms with Crippen LogP contribution in [0.15, 0.2) is 30.3 Å². The number of ether oxygens (including phenoxy) is 2. The highest BCUT2D eigenvalue weighted by Gasteiger charge is 2.37. The Kier molecular flexibility index (Phi) is 7.40. The summed E-state index contributed by atoms with van der Waals surface area (Å²) in [6, 6.07) is 9.35. The Hall–Kier alpha value is -1.39. The molecular weight excluding hydrogens is 266 g/mol. The molecule has 0 aromatic heterocycles. The van der Waals surface area contributed by atoms with E-state index in [4.69, 9.17) is 15.2 Å². The molecule has 4 nitrogen and oxygen atoms in total. The predicted octanol–water partition coefficient (Wildman–Crippen LogP) is 3.00. The average Bonchev–Trinajstić information content (AvgIpc) is 2.48. The van der Waals surface area contributed by atoms with E-state index in [-0.39, 0.29) is 6.10 Å². The molecule has 2 unspecified atom stereocenters. The minimum Gasteiger partial charge on any atom is -0.464 e. The molecule has 0 aliphatic heterocycles. The number of esters is 1. The van der Waals surface area contributed by atoms with Crippen LogP contribution in [0.2, 0.25) is 0 Å². The molecule has 4 heteroatoms. The van der Waals surface area contributed by atoms with Gasteiger partial charge in [0.1, 0.15) is 5.54 Å². The Labute approximate surface area is 127 Å². The van der Waals surface area contributed by atoms with Crippen LogP contribution in [0.3, 0.4) is 0 Å². The highest BCUT2D eigenvalue weighted by Crippen LogP contribution is 2.24. The van der Waals surface area contributed by atoms with E-state index in [0.717, 1.165) is 18.4 Å². The van der Waals surface area contributed by atoms with E-state index in [1.54, 1.807) is 6.92 Å². The highest BCUT2D eigenvalue weighted by molar-refractivity contribution is 5.82. The van der Waals surface area contributed by atoms with E-state index in [2.05, 4.69) is 6.92 Å². The van der Waals surface area contributed by atoms with Gasteiger partial charge in [-0.1, -0.05) is 43.7 Å². The van der Waals surface area contributed by atoms with Crippen LogP contribution in [0.25, 0.3) is 0 Å². The normalized spacial score (nSPS) is 15.2. The van der Waals surface area contributed by atoms with Crippen molar-refractivity contribution < 1.29 is 14.3 Å². The van der Waals surface area contributed by atoms with Crippen molar-refractivity contribution in [3.8, 4) is 0 Å². The van der Waals surface area contributed by atoms with Gasteiger partial charge in [0.2, 0.25) is 0 Å². The first-order valence-corrected chi connectivity index (χ1v) is 7.67. The van der Waals surface area contributed by atoms with Gasteiger partial charge in [-0.15, -0.1) is 0 Å². The Morgan fingerprint density at radius 2 is 1.95 bits per heavy atom. The monoisotopic (exact) mass is 293 g/mol. The van der Waals surface area contributed by atoms with Gasteiger partial charge < -0.3 is 15.2 Å². The molecule has 0 aliphatic carbocycles. The maximum absolute atomic E-state index is 12.3. The molecule has 0 heterocycles. The van der Waals surface area contributed by atoms with Crippen LogP contribution >= 0.6 is 0 Å². The number of hydrogen-bond acceptors (Lipinski definition) is 4. The van der Waals surface area contributed by atoms with Crippen LogP contribution in [-0.4, -0.2) is 25.3 Å². The van der Waals surface area contributed by atoms with Gasteiger partial charge in [0, 0.05) is 13.0 Å². The summed E-state index contributed by atoms with van der Waals surface area (Å²) in [5.74, 6) is -0.400. The van der Waals surface area contributed by atoms with Crippen molar-refractivity contribution in [2.45, 2.75) is 51.7 Å². The number of carbonyl (C=O) groups is 1. The fourth-order valence-corrected chi connectivity index (χ4v) is 2.27. The smallest absolute Gasteiger partial charge is 0.330 e. The van der Waals surface area contributed by atoms with Gasteiger partial charge in [-0.25, -0.2) is 4.79 Å². The second kappa shape index (κ2) is 8.80. The first-order chi connectivity index (χ1) is 10.0. The van der Waals surface area contributed by atoms with Crippen LogP contribution in [-0.2, 0) is 19.8 Å². The molecule has 0 bridgehead atoms. The lowest BCUT2D eigenvalue weighted by Gasteiger charge is -2.28. The van der Waals surface area contributed by atoms with Crippen molar-refractivity contribution in [2.24, 2.45) is 5.73 Å². The first kappa shape index (κ1) is 17.7. The third-order valence-corrected chi connectivity index (χ3v) is 3.52. The Morgan fingerprint density at radius 1 is 1.29 bits per heavy atom. The zero-order chi connectivity index (χ0) is 15.7. The molecule has 1 aromatic carbocycles. The summed E-state index contributed by atoms with van der Waals surface area (Å²) in [6.45, 7) is 6.69. The summed E-state index contributed by atoms with van der Waals surface area (Å²) in [5, 5.41) is 0. The molecule has 1 rings (SSSR count). The van der Waals surface area contributed by atoms with Gasteiger partial charge in [-0.05, 0) is 25.8 Å². The van der Waals surface area contributed by atoms with Gasteiger partial charge in [-0.3, -0.25) is 0 Å². The van der Waals surface area contributed by atoms with Gasteiger partial charge in [0.05, 0.1) is 12.7 Å². The summed E-state index contributed by atoms with van der Waals surface area (Å²) in [7, 11) is 0. The maximum atomic E-state index is 12.3. The summed E-state index contributed by atoms with van der Waals surface area (Å²) in [6.07, 6.45) is 2.66. The first-order valence-electron chi connectivity index (χ1n) is 7.67. The number of benzene rings is 1. The molecule has 2 atom stereocenters. The van der Waals surface area contributed by atoms with Gasteiger partial charge >= 0.3 is 5.97 Å². The Balaban J connectivity index is 2.76. The van der Waals surface area contributed by atoms with Crippen LogP contribution in [0.1, 0.15) is 45.6 Å². The summed E-state index contributed by atoms with van der Waals surface area (Å²) >= 11 is 0. The quantitative estimate of drug-likeness (QED) is 0.711.